The van der Waals surface area contributed by atoms with E-state index in [-0.39, 0.29) is 5.78 Å². The van der Waals surface area contributed by atoms with Crippen LogP contribution in [-0.2, 0) is 0 Å². The van der Waals surface area contributed by atoms with E-state index >= 15 is 0 Å². The molecule has 0 radical (unpaired) electrons. The van der Waals surface area contributed by atoms with Crippen LogP contribution >= 0.6 is 0 Å². The molecule has 0 fully saturated rings. The Hall–Kier alpha value is -1.77. The van der Waals surface area contributed by atoms with Gasteiger partial charge in [-0.2, -0.15) is 0 Å². The van der Waals surface area contributed by atoms with Crippen LogP contribution in [0, 0.1) is 0 Å². The van der Waals surface area contributed by atoms with E-state index < -0.39 is 0 Å². The van der Waals surface area contributed by atoms with Gasteiger partial charge in [-0.15, -0.1) is 6.58 Å². The largest absolute Gasteiger partial charge is 0.398 e. The molecule has 3 N–H and O–H groups in total. The van der Waals surface area contributed by atoms with Gasteiger partial charge in [0.1, 0.15) is 0 Å². The molecule has 0 aromatic heterocycles. The van der Waals surface area contributed by atoms with Crippen molar-refractivity contribution in [1.29, 1.82) is 0 Å². The number of ketones is 1. The third kappa shape index (κ3) is 3.12. The van der Waals surface area contributed by atoms with Crippen LogP contribution in [-0.4, -0.2) is 11.8 Å². The van der Waals surface area contributed by atoms with Crippen molar-refractivity contribution in [3.63, 3.8) is 0 Å². The molecule has 1 rings (SSSR count). The van der Waals surface area contributed by atoms with E-state index in [0.29, 0.717) is 17.3 Å². The molecule has 1 aromatic carbocycles. The second kappa shape index (κ2) is 5.35. The monoisotopic (exact) mass is 218 g/mol. The molecule has 1 unspecified atom stereocenters. The number of Topliss-reactive ketones (excluding diaryl/α,β-unsaturated/α-hetero) is 1. The van der Waals surface area contributed by atoms with Crippen molar-refractivity contribution in [2.45, 2.75) is 26.3 Å². The Morgan fingerprint density at radius 1 is 1.62 bits per heavy atom. The highest BCUT2D eigenvalue weighted by Crippen LogP contribution is 2.19. The highest BCUT2D eigenvalue weighted by atomic mass is 16.1. The molecule has 0 aliphatic rings. The predicted octanol–water partition coefficient (Wildman–Crippen LogP) is 2.85. The molecule has 1 aromatic rings. The van der Waals surface area contributed by atoms with Crippen LogP contribution in [0.3, 0.4) is 0 Å². The Labute approximate surface area is 96.3 Å². The summed E-state index contributed by atoms with van der Waals surface area (Å²) in [4.78, 5) is 11.2. The SMILES string of the molecule is C=CCC(C)Nc1ccc(C(C)=O)c(N)c1. The number of rotatable bonds is 5. The van der Waals surface area contributed by atoms with Crippen LogP contribution in [0.2, 0.25) is 0 Å². The first-order chi connectivity index (χ1) is 7.54. The van der Waals surface area contributed by atoms with Gasteiger partial charge in [0.05, 0.1) is 0 Å². The van der Waals surface area contributed by atoms with Crippen LogP contribution < -0.4 is 11.1 Å². The van der Waals surface area contributed by atoms with Gasteiger partial charge in [0.2, 0.25) is 0 Å². The summed E-state index contributed by atoms with van der Waals surface area (Å²) in [5.74, 6) is -0.0109. The molecule has 1 atom stereocenters. The quantitative estimate of drug-likeness (QED) is 0.454. The Bertz CT molecular complexity index is 399. The van der Waals surface area contributed by atoms with Gasteiger partial charge in [0.25, 0.3) is 0 Å². The van der Waals surface area contributed by atoms with E-state index in [1.807, 2.05) is 12.1 Å². The van der Waals surface area contributed by atoms with Gasteiger partial charge < -0.3 is 11.1 Å². The maximum absolute atomic E-state index is 11.2. The molecular formula is C13H18N2O. The molecular weight excluding hydrogens is 200 g/mol. The predicted molar refractivity (Wildman–Crippen MR) is 68.8 cm³/mol. The minimum absolute atomic E-state index is 0.0109. The number of carbonyl (C=O) groups excluding carboxylic acids is 1. The summed E-state index contributed by atoms with van der Waals surface area (Å²) >= 11 is 0. The number of anilines is 2. The summed E-state index contributed by atoms with van der Waals surface area (Å²) in [6, 6.07) is 5.71. The zero-order chi connectivity index (χ0) is 12.1. The van der Waals surface area contributed by atoms with Crippen LogP contribution in [0.5, 0.6) is 0 Å². The molecule has 3 nitrogen and oxygen atoms in total. The number of benzene rings is 1. The topological polar surface area (TPSA) is 55.1 Å². The van der Waals surface area contributed by atoms with E-state index in [9.17, 15) is 4.79 Å². The highest BCUT2D eigenvalue weighted by Gasteiger charge is 2.06. The number of carbonyl (C=O) groups is 1. The maximum atomic E-state index is 11.2. The summed E-state index contributed by atoms with van der Waals surface area (Å²) in [5.41, 5.74) is 7.81. The number of nitrogens with one attached hydrogen (secondary N) is 1. The molecule has 3 heteroatoms. The summed E-state index contributed by atoms with van der Waals surface area (Å²) in [6.45, 7) is 7.27. The summed E-state index contributed by atoms with van der Waals surface area (Å²) in [5, 5.41) is 3.29. The van der Waals surface area contributed by atoms with Gasteiger partial charge in [-0.1, -0.05) is 6.08 Å². The average molecular weight is 218 g/mol. The van der Waals surface area contributed by atoms with Gasteiger partial charge in [0.15, 0.2) is 5.78 Å². The van der Waals surface area contributed by atoms with E-state index in [0.717, 1.165) is 12.1 Å². The highest BCUT2D eigenvalue weighted by molar-refractivity contribution is 5.99. The number of nitrogens with two attached hydrogens (primary N) is 1. The van der Waals surface area contributed by atoms with Crippen molar-refractivity contribution < 1.29 is 4.79 Å². The summed E-state index contributed by atoms with van der Waals surface area (Å²) in [6.07, 6.45) is 2.75. The van der Waals surface area contributed by atoms with Crippen molar-refractivity contribution in [2.24, 2.45) is 0 Å². The molecule has 16 heavy (non-hydrogen) atoms. The molecule has 0 saturated heterocycles. The normalized spacial score (nSPS) is 11.9. The van der Waals surface area contributed by atoms with Crippen molar-refractivity contribution in [3.8, 4) is 0 Å². The smallest absolute Gasteiger partial charge is 0.161 e. The fourth-order valence-corrected chi connectivity index (χ4v) is 1.57. The minimum Gasteiger partial charge on any atom is -0.398 e. The summed E-state index contributed by atoms with van der Waals surface area (Å²) in [7, 11) is 0. The lowest BCUT2D eigenvalue weighted by Crippen LogP contribution is -2.14. The Balaban J connectivity index is 2.81. The van der Waals surface area contributed by atoms with E-state index in [4.69, 9.17) is 5.73 Å². The van der Waals surface area contributed by atoms with Crippen molar-refractivity contribution in [1.82, 2.24) is 0 Å². The third-order valence-corrected chi connectivity index (χ3v) is 2.36. The van der Waals surface area contributed by atoms with Gasteiger partial charge in [-0.05, 0) is 38.5 Å². The second-order valence-corrected chi connectivity index (χ2v) is 3.93. The van der Waals surface area contributed by atoms with Gasteiger partial charge in [0, 0.05) is 23.0 Å². The van der Waals surface area contributed by atoms with E-state index in [2.05, 4.69) is 18.8 Å². The standard InChI is InChI=1S/C13H18N2O/c1-4-5-9(2)15-11-6-7-12(10(3)16)13(14)8-11/h4,6-9,15H,1,5,14H2,2-3H3. The molecule has 86 valence electrons. The zero-order valence-corrected chi connectivity index (χ0v) is 9.79. The van der Waals surface area contributed by atoms with Crippen LogP contribution in [0.4, 0.5) is 11.4 Å². The lowest BCUT2D eigenvalue weighted by molar-refractivity contribution is 0.101. The average Bonchev–Trinajstić information content (AvgIpc) is 2.17. The van der Waals surface area contributed by atoms with Crippen LogP contribution in [0.1, 0.15) is 30.6 Å². The van der Waals surface area contributed by atoms with Crippen LogP contribution in [0.25, 0.3) is 0 Å². The van der Waals surface area contributed by atoms with Crippen molar-refractivity contribution >= 4 is 17.2 Å². The molecule has 0 saturated carbocycles. The number of hydrogen-bond acceptors (Lipinski definition) is 3. The lowest BCUT2D eigenvalue weighted by Gasteiger charge is -2.14. The third-order valence-electron chi connectivity index (χ3n) is 2.36. The lowest BCUT2D eigenvalue weighted by atomic mass is 10.1. The first kappa shape index (κ1) is 12.3. The Morgan fingerprint density at radius 2 is 2.31 bits per heavy atom. The molecule has 0 aliphatic heterocycles. The van der Waals surface area contributed by atoms with Gasteiger partial charge in [-0.3, -0.25) is 4.79 Å². The van der Waals surface area contributed by atoms with E-state index in [1.165, 1.54) is 6.92 Å². The number of nitrogen functional groups attached to an aromatic ring is 1. The first-order valence-electron chi connectivity index (χ1n) is 5.32. The first-order valence-corrected chi connectivity index (χ1v) is 5.32. The van der Waals surface area contributed by atoms with Gasteiger partial charge >= 0.3 is 0 Å². The fraction of sp³-hybridized carbons (Fsp3) is 0.308. The van der Waals surface area contributed by atoms with Crippen molar-refractivity contribution in [2.75, 3.05) is 11.1 Å². The molecule has 0 bridgehead atoms. The van der Waals surface area contributed by atoms with Crippen LogP contribution in [0.15, 0.2) is 30.9 Å². The molecule has 0 heterocycles. The maximum Gasteiger partial charge on any atom is 0.161 e. The summed E-state index contributed by atoms with van der Waals surface area (Å²) < 4.78 is 0. The number of hydrogen-bond donors (Lipinski definition) is 2. The fourth-order valence-electron chi connectivity index (χ4n) is 1.57. The Morgan fingerprint density at radius 3 is 2.81 bits per heavy atom. The second-order valence-electron chi connectivity index (χ2n) is 3.93. The van der Waals surface area contributed by atoms with Gasteiger partial charge in [-0.25, -0.2) is 0 Å². The zero-order valence-electron chi connectivity index (χ0n) is 9.79. The molecule has 0 amide bonds. The van der Waals surface area contributed by atoms with E-state index in [1.54, 1.807) is 12.1 Å². The van der Waals surface area contributed by atoms with Crippen molar-refractivity contribution in [3.05, 3.63) is 36.4 Å². The molecule has 0 spiro atoms. The molecule has 0 aliphatic carbocycles. The Kier molecular flexibility index (Phi) is 4.11. The minimum atomic E-state index is -0.0109.